The number of hydrogen-bond acceptors (Lipinski definition) is 6. The number of aliphatic carboxylic acids is 1. The number of phenolic OH excluding ortho intramolecular Hbond substituents is 1. The fraction of sp³-hybridized carbons (Fsp3) is 0.407. The molecule has 2 aromatic carbocycles. The smallest absolute Gasteiger partial charge is 0.326 e. The van der Waals surface area contributed by atoms with Crippen LogP contribution in [0.1, 0.15) is 38.3 Å². The van der Waals surface area contributed by atoms with Gasteiger partial charge in [0, 0.05) is 12.8 Å². The Bertz CT molecular complexity index is 1060. The van der Waals surface area contributed by atoms with Crippen LogP contribution >= 0.6 is 0 Å². The zero-order valence-electron chi connectivity index (χ0n) is 21.3. The highest BCUT2D eigenvalue weighted by Crippen LogP contribution is 2.13. The third-order valence-electron chi connectivity index (χ3n) is 5.66. The molecule has 37 heavy (non-hydrogen) atoms. The summed E-state index contributed by atoms with van der Waals surface area (Å²) in [4.78, 5) is 50.5. The third-order valence-corrected chi connectivity index (χ3v) is 5.66. The summed E-state index contributed by atoms with van der Waals surface area (Å²) in [5.74, 6) is -2.93. The summed E-state index contributed by atoms with van der Waals surface area (Å²) in [5, 5.41) is 27.0. The van der Waals surface area contributed by atoms with Crippen molar-refractivity contribution < 1.29 is 29.4 Å². The molecule has 2 rings (SSSR count). The van der Waals surface area contributed by atoms with Gasteiger partial charge >= 0.3 is 5.97 Å². The van der Waals surface area contributed by atoms with E-state index in [0.717, 1.165) is 5.56 Å². The molecule has 0 aromatic heterocycles. The van der Waals surface area contributed by atoms with Crippen molar-refractivity contribution in [3.63, 3.8) is 0 Å². The van der Waals surface area contributed by atoms with Gasteiger partial charge in [0.25, 0.3) is 0 Å². The van der Waals surface area contributed by atoms with E-state index < -0.39 is 47.9 Å². The molecule has 4 atom stereocenters. The molecule has 7 N–H and O–H groups in total. The van der Waals surface area contributed by atoms with Gasteiger partial charge in [0.05, 0.1) is 6.04 Å². The molecule has 0 fully saturated rings. The second kappa shape index (κ2) is 14.0. The summed E-state index contributed by atoms with van der Waals surface area (Å²) >= 11 is 0. The average Bonchev–Trinajstić information content (AvgIpc) is 2.84. The molecule has 0 spiro atoms. The Morgan fingerprint density at radius 2 is 1.22 bits per heavy atom. The topological polar surface area (TPSA) is 171 Å². The molecule has 0 heterocycles. The fourth-order valence-corrected chi connectivity index (χ4v) is 3.68. The number of nitrogens with two attached hydrogens (primary N) is 1. The molecule has 2 aromatic rings. The first-order valence-corrected chi connectivity index (χ1v) is 12.2. The summed E-state index contributed by atoms with van der Waals surface area (Å²) in [6, 6.07) is 11.0. The van der Waals surface area contributed by atoms with Gasteiger partial charge in [-0.05, 0) is 42.5 Å². The standard InChI is InChI=1S/C27H36N4O6/c1-16(2)13-21(25(34)31-23(27(36)37)15-19-9-11-20(32)12-10-19)30-26(35)22(29-24(33)17(3)28)14-18-7-5-4-6-8-18/h4-12,16-17,21-23,32H,13-15,28H2,1-3H3,(H,29,33)(H,30,35)(H,31,34)(H,36,37). The van der Waals surface area contributed by atoms with E-state index in [1.54, 1.807) is 12.1 Å². The highest BCUT2D eigenvalue weighted by atomic mass is 16.4. The van der Waals surface area contributed by atoms with E-state index in [4.69, 9.17) is 5.73 Å². The van der Waals surface area contributed by atoms with Crippen molar-refractivity contribution in [1.29, 1.82) is 0 Å². The molecular formula is C27H36N4O6. The second-order valence-corrected chi connectivity index (χ2v) is 9.50. The number of amides is 3. The summed E-state index contributed by atoms with van der Waals surface area (Å²) in [5.41, 5.74) is 7.08. The SMILES string of the molecule is CC(C)CC(NC(=O)C(Cc1ccccc1)NC(=O)C(C)N)C(=O)NC(Cc1ccc(O)cc1)C(=O)O. The molecule has 200 valence electrons. The van der Waals surface area contributed by atoms with Crippen molar-refractivity contribution in [3.05, 3.63) is 65.7 Å². The first kappa shape index (κ1) is 29.3. The molecule has 0 radical (unpaired) electrons. The lowest BCUT2D eigenvalue weighted by atomic mass is 10.00. The first-order chi connectivity index (χ1) is 17.5. The lowest BCUT2D eigenvalue weighted by Gasteiger charge is -2.26. The van der Waals surface area contributed by atoms with Crippen molar-refractivity contribution in [2.45, 2.75) is 64.2 Å². The Hall–Kier alpha value is -3.92. The van der Waals surface area contributed by atoms with Crippen LogP contribution in [0.4, 0.5) is 0 Å². The van der Waals surface area contributed by atoms with Gasteiger partial charge in [0.1, 0.15) is 23.9 Å². The highest BCUT2D eigenvalue weighted by molar-refractivity contribution is 5.94. The monoisotopic (exact) mass is 512 g/mol. The molecule has 0 saturated carbocycles. The Kier molecular flexibility index (Phi) is 11.1. The van der Waals surface area contributed by atoms with Crippen LogP contribution in [0, 0.1) is 5.92 Å². The summed E-state index contributed by atoms with van der Waals surface area (Å²) in [7, 11) is 0. The van der Waals surface area contributed by atoms with E-state index in [0.29, 0.717) is 5.56 Å². The van der Waals surface area contributed by atoms with Crippen LogP contribution in [0.25, 0.3) is 0 Å². The Morgan fingerprint density at radius 1 is 0.730 bits per heavy atom. The number of rotatable bonds is 13. The van der Waals surface area contributed by atoms with Crippen molar-refractivity contribution >= 4 is 23.7 Å². The summed E-state index contributed by atoms with van der Waals surface area (Å²) < 4.78 is 0. The largest absolute Gasteiger partial charge is 0.508 e. The first-order valence-electron chi connectivity index (χ1n) is 12.2. The number of carbonyl (C=O) groups excluding carboxylic acids is 3. The number of hydrogen-bond donors (Lipinski definition) is 6. The molecule has 4 unspecified atom stereocenters. The van der Waals surface area contributed by atoms with Gasteiger partial charge in [-0.3, -0.25) is 14.4 Å². The van der Waals surface area contributed by atoms with Crippen molar-refractivity contribution in [2.24, 2.45) is 11.7 Å². The number of benzene rings is 2. The van der Waals surface area contributed by atoms with Crippen LogP contribution in [-0.4, -0.2) is 58.1 Å². The van der Waals surface area contributed by atoms with Crippen LogP contribution in [0.5, 0.6) is 5.75 Å². The van der Waals surface area contributed by atoms with Crippen LogP contribution in [0.15, 0.2) is 54.6 Å². The third kappa shape index (κ3) is 9.92. The molecule has 10 heteroatoms. The van der Waals surface area contributed by atoms with E-state index in [9.17, 15) is 29.4 Å². The van der Waals surface area contributed by atoms with E-state index in [1.807, 2.05) is 44.2 Å². The number of nitrogens with one attached hydrogen (secondary N) is 3. The van der Waals surface area contributed by atoms with Gasteiger partial charge in [0.15, 0.2) is 0 Å². The minimum atomic E-state index is -1.25. The molecule has 0 saturated heterocycles. The van der Waals surface area contributed by atoms with Crippen molar-refractivity contribution in [1.82, 2.24) is 16.0 Å². The maximum absolute atomic E-state index is 13.3. The molecule has 0 aliphatic carbocycles. The number of aromatic hydroxyl groups is 1. The predicted molar refractivity (Wildman–Crippen MR) is 138 cm³/mol. The van der Waals surface area contributed by atoms with E-state index >= 15 is 0 Å². The normalized spacial score (nSPS) is 14.2. The molecule has 3 amide bonds. The minimum Gasteiger partial charge on any atom is -0.508 e. The van der Waals surface area contributed by atoms with Crippen LogP contribution in [-0.2, 0) is 32.0 Å². The quantitative estimate of drug-likeness (QED) is 0.233. The van der Waals surface area contributed by atoms with Gasteiger partial charge in [-0.1, -0.05) is 56.3 Å². The van der Waals surface area contributed by atoms with Crippen molar-refractivity contribution in [3.8, 4) is 5.75 Å². The molecule has 0 aliphatic heterocycles. The Morgan fingerprint density at radius 3 is 1.76 bits per heavy atom. The maximum atomic E-state index is 13.3. The lowest BCUT2D eigenvalue weighted by molar-refractivity contribution is -0.142. The Balaban J connectivity index is 2.19. The van der Waals surface area contributed by atoms with Gasteiger partial charge in [-0.2, -0.15) is 0 Å². The van der Waals surface area contributed by atoms with Gasteiger partial charge in [-0.25, -0.2) is 4.79 Å². The number of carbonyl (C=O) groups is 4. The minimum absolute atomic E-state index is 0.00246. The maximum Gasteiger partial charge on any atom is 0.326 e. The zero-order chi connectivity index (χ0) is 27.5. The number of carboxylic acids is 1. The number of phenols is 1. The molecule has 0 aliphatic rings. The Labute approximate surface area is 216 Å². The second-order valence-electron chi connectivity index (χ2n) is 9.50. The highest BCUT2D eigenvalue weighted by Gasteiger charge is 2.30. The zero-order valence-corrected chi connectivity index (χ0v) is 21.3. The fourth-order valence-electron chi connectivity index (χ4n) is 3.68. The van der Waals surface area contributed by atoms with Gasteiger partial charge < -0.3 is 31.9 Å². The summed E-state index contributed by atoms with van der Waals surface area (Å²) in [6.45, 7) is 5.25. The summed E-state index contributed by atoms with van der Waals surface area (Å²) in [6.07, 6.45) is 0.424. The van der Waals surface area contributed by atoms with Crippen LogP contribution < -0.4 is 21.7 Å². The van der Waals surface area contributed by atoms with E-state index in [2.05, 4.69) is 16.0 Å². The van der Waals surface area contributed by atoms with Gasteiger partial charge in [-0.15, -0.1) is 0 Å². The molecule has 0 bridgehead atoms. The van der Waals surface area contributed by atoms with Crippen molar-refractivity contribution in [2.75, 3.05) is 0 Å². The van der Waals surface area contributed by atoms with Crippen LogP contribution in [0.2, 0.25) is 0 Å². The molecular weight excluding hydrogens is 476 g/mol. The predicted octanol–water partition coefficient (Wildman–Crippen LogP) is 1.11. The van der Waals surface area contributed by atoms with Crippen LogP contribution in [0.3, 0.4) is 0 Å². The lowest BCUT2D eigenvalue weighted by Crippen LogP contribution is -2.57. The van der Waals surface area contributed by atoms with E-state index in [1.165, 1.54) is 19.1 Å². The molecule has 10 nitrogen and oxygen atoms in total. The number of carboxylic acid groups (broad SMARTS) is 1. The van der Waals surface area contributed by atoms with E-state index in [-0.39, 0.29) is 30.9 Å². The van der Waals surface area contributed by atoms with Gasteiger partial charge in [0.2, 0.25) is 17.7 Å². The average molecular weight is 513 g/mol.